The van der Waals surface area contributed by atoms with Gasteiger partial charge in [0.05, 0.1) is 18.1 Å². The highest BCUT2D eigenvalue weighted by Gasteiger charge is 2.07. The van der Waals surface area contributed by atoms with Crippen LogP contribution in [0.15, 0.2) is 24.3 Å². The molecule has 0 bridgehead atoms. The minimum Gasteiger partial charge on any atom is -0.385 e. The van der Waals surface area contributed by atoms with Gasteiger partial charge in [0.1, 0.15) is 0 Å². The van der Waals surface area contributed by atoms with Gasteiger partial charge in [-0.1, -0.05) is 12.1 Å². The van der Waals surface area contributed by atoms with Crippen LogP contribution in [0.1, 0.15) is 24.5 Å². The van der Waals surface area contributed by atoms with Crippen LogP contribution < -0.4 is 5.32 Å². The molecule has 1 unspecified atom stereocenters. The smallest absolute Gasteiger partial charge is 0.224 e. The number of nitrogens with one attached hydrogen (secondary N) is 1. The summed E-state index contributed by atoms with van der Waals surface area (Å²) >= 11 is 0. The van der Waals surface area contributed by atoms with Gasteiger partial charge in [0.25, 0.3) is 0 Å². The Morgan fingerprint density at radius 3 is 2.67 bits per heavy atom. The van der Waals surface area contributed by atoms with Gasteiger partial charge in [-0.25, -0.2) is 0 Å². The zero-order valence-corrected chi connectivity index (χ0v) is 10.8. The summed E-state index contributed by atoms with van der Waals surface area (Å²) in [6.07, 6.45) is 1.14. The van der Waals surface area contributed by atoms with Gasteiger partial charge in [0.2, 0.25) is 5.91 Å². The molecule has 4 heteroatoms. The van der Waals surface area contributed by atoms with Crippen LogP contribution in [0.5, 0.6) is 0 Å². The monoisotopic (exact) mass is 246 g/mol. The van der Waals surface area contributed by atoms with E-state index in [4.69, 9.17) is 10.00 Å². The number of nitriles is 1. The van der Waals surface area contributed by atoms with Crippen LogP contribution in [0.3, 0.4) is 0 Å². The Morgan fingerprint density at radius 2 is 2.11 bits per heavy atom. The van der Waals surface area contributed by atoms with Crippen LogP contribution in [-0.4, -0.2) is 25.7 Å². The van der Waals surface area contributed by atoms with Gasteiger partial charge in [-0.3, -0.25) is 4.79 Å². The molecule has 1 aromatic rings. The summed E-state index contributed by atoms with van der Waals surface area (Å²) in [7, 11) is 1.64. The van der Waals surface area contributed by atoms with Gasteiger partial charge in [0.15, 0.2) is 0 Å². The van der Waals surface area contributed by atoms with Crippen molar-refractivity contribution in [2.45, 2.75) is 25.8 Å². The maximum absolute atomic E-state index is 11.7. The average molecular weight is 246 g/mol. The van der Waals surface area contributed by atoms with Crippen LogP contribution in [0, 0.1) is 11.3 Å². The molecule has 0 saturated heterocycles. The number of amides is 1. The normalized spacial score (nSPS) is 11.6. The molecule has 96 valence electrons. The molecule has 1 amide bonds. The third-order valence-corrected chi connectivity index (χ3v) is 2.61. The molecule has 0 aliphatic rings. The summed E-state index contributed by atoms with van der Waals surface area (Å²) in [4.78, 5) is 11.7. The molecule has 1 atom stereocenters. The molecular weight excluding hydrogens is 228 g/mol. The zero-order valence-electron chi connectivity index (χ0n) is 10.8. The van der Waals surface area contributed by atoms with Crippen molar-refractivity contribution in [1.29, 1.82) is 5.26 Å². The van der Waals surface area contributed by atoms with Crippen LogP contribution in [-0.2, 0) is 16.0 Å². The number of nitrogens with zero attached hydrogens (tertiary/aromatic N) is 1. The summed E-state index contributed by atoms with van der Waals surface area (Å²) in [6, 6.07) is 9.20. The SMILES string of the molecule is COCCC(C)NC(=O)Cc1ccc(C#N)cc1. The van der Waals surface area contributed by atoms with Crippen molar-refractivity contribution < 1.29 is 9.53 Å². The number of hydrogen-bond acceptors (Lipinski definition) is 3. The second-order valence-corrected chi connectivity index (χ2v) is 4.24. The van der Waals surface area contributed by atoms with E-state index in [1.807, 2.05) is 13.0 Å². The molecule has 0 fully saturated rings. The van der Waals surface area contributed by atoms with Crippen molar-refractivity contribution in [3.05, 3.63) is 35.4 Å². The Bertz CT molecular complexity index is 420. The predicted octanol–water partition coefficient (Wildman–Crippen LogP) is 1.64. The highest BCUT2D eigenvalue weighted by Crippen LogP contribution is 2.04. The number of rotatable bonds is 6. The topological polar surface area (TPSA) is 62.1 Å². The fourth-order valence-corrected chi connectivity index (χ4v) is 1.58. The van der Waals surface area contributed by atoms with Gasteiger partial charge in [-0.2, -0.15) is 5.26 Å². The highest BCUT2D eigenvalue weighted by molar-refractivity contribution is 5.78. The van der Waals surface area contributed by atoms with E-state index < -0.39 is 0 Å². The third-order valence-electron chi connectivity index (χ3n) is 2.61. The molecule has 0 radical (unpaired) electrons. The van der Waals surface area contributed by atoms with E-state index in [9.17, 15) is 4.79 Å². The van der Waals surface area contributed by atoms with E-state index >= 15 is 0 Å². The second kappa shape index (κ2) is 7.46. The number of benzene rings is 1. The average Bonchev–Trinajstić information content (AvgIpc) is 2.37. The van der Waals surface area contributed by atoms with E-state index in [1.165, 1.54) is 0 Å². The molecule has 0 aromatic heterocycles. The summed E-state index contributed by atoms with van der Waals surface area (Å²) in [5.74, 6) is -0.0108. The molecule has 1 N–H and O–H groups in total. The molecular formula is C14H18N2O2. The molecule has 1 aromatic carbocycles. The van der Waals surface area contributed by atoms with Crippen LogP contribution in [0.25, 0.3) is 0 Å². The number of hydrogen-bond donors (Lipinski definition) is 1. The third kappa shape index (κ3) is 4.98. The first-order valence-electron chi connectivity index (χ1n) is 5.93. The molecule has 4 nitrogen and oxygen atoms in total. The van der Waals surface area contributed by atoms with E-state index in [-0.39, 0.29) is 11.9 Å². The Balaban J connectivity index is 2.41. The standard InChI is InChI=1S/C14H18N2O2/c1-11(7-8-18-2)16-14(17)9-12-3-5-13(10-15)6-4-12/h3-6,11H,7-9H2,1-2H3,(H,16,17). The van der Waals surface area contributed by atoms with Crippen molar-refractivity contribution in [2.75, 3.05) is 13.7 Å². The van der Waals surface area contributed by atoms with Crippen molar-refractivity contribution in [3.8, 4) is 6.07 Å². The fourth-order valence-electron chi connectivity index (χ4n) is 1.58. The quantitative estimate of drug-likeness (QED) is 0.830. The maximum Gasteiger partial charge on any atom is 0.224 e. The van der Waals surface area contributed by atoms with E-state index in [2.05, 4.69) is 5.32 Å². The zero-order chi connectivity index (χ0) is 13.4. The Kier molecular flexibility index (Phi) is 5.89. The first-order valence-corrected chi connectivity index (χ1v) is 5.93. The van der Waals surface area contributed by atoms with Crippen LogP contribution in [0.2, 0.25) is 0 Å². The van der Waals surface area contributed by atoms with E-state index in [1.54, 1.807) is 31.4 Å². The summed E-state index contributed by atoms with van der Waals surface area (Å²) in [5.41, 5.74) is 1.51. The lowest BCUT2D eigenvalue weighted by Crippen LogP contribution is -2.34. The number of ether oxygens (including phenoxy) is 1. The first-order chi connectivity index (χ1) is 8.65. The fraction of sp³-hybridized carbons (Fsp3) is 0.429. The Labute approximate surface area is 108 Å². The van der Waals surface area contributed by atoms with Gasteiger partial charge < -0.3 is 10.1 Å². The van der Waals surface area contributed by atoms with Gasteiger partial charge >= 0.3 is 0 Å². The largest absolute Gasteiger partial charge is 0.385 e. The van der Waals surface area contributed by atoms with Crippen LogP contribution in [0.4, 0.5) is 0 Å². The van der Waals surface area contributed by atoms with E-state index in [0.717, 1.165) is 12.0 Å². The van der Waals surface area contributed by atoms with Crippen LogP contribution >= 0.6 is 0 Å². The highest BCUT2D eigenvalue weighted by atomic mass is 16.5. The molecule has 1 rings (SSSR count). The second-order valence-electron chi connectivity index (χ2n) is 4.24. The minimum atomic E-state index is -0.0108. The van der Waals surface area contributed by atoms with Crippen molar-refractivity contribution in [1.82, 2.24) is 5.32 Å². The van der Waals surface area contributed by atoms with E-state index in [0.29, 0.717) is 18.6 Å². The number of methoxy groups -OCH3 is 1. The Hall–Kier alpha value is -1.86. The van der Waals surface area contributed by atoms with Gasteiger partial charge in [0, 0.05) is 19.8 Å². The van der Waals surface area contributed by atoms with Gasteiger partial charge in [-0.15, -0.1) is 0 Å². The van der Waals surface area contributed by atoms with Crippen molar-refractivity contribution in [2.24, 2.45) is 0 Å². The lowest BCUT2D eigenvalue weighted by Gasteiger charge is -2.13. The number of carbonyl (C=O) groups is 1. The van der Waals surface area contributed by atoms with Crippen molar-refractivity contribution >= 4 is 5.91 Å². The molecule has 0 heterocycles. The summed E-state index contributed by atoms with van der Waals surface area (Å²) in [5, 5.41) is 11.6. The lowest BCUT2D eigenvalue weighted by molar-refractivity contribution is -0.121. The molecule has 18 heavy (non-hydrogen) atoms. The van der Waals surface area contributed by atoms with Gasteiger partial charge in [-0.05, 0) is 31.0 Å². The minimum absolute atomic E-state index is 0.0108. The summed E-state index contributed by atoms with van der Waals surface area (Å²) < 4.78 is 4.96. The molecule has 0 aliphatic heterocycles. The van der Waals surface area contributed by atoms with Crippen molar-refractivity contribution in [3.63, 3.8) is 0 Å². The molecule has 0 spiro atoms. The lowest BCUT2D eigenvalue weighted by atomic mass is 10.1. The summed E-state index contributed by atoms with van der Waals surface area (Å²) in [6.45, 7) is 2.59. The first kappa shape index (κ1) is 14.2. The predicted molar refractivity (Wildman–Crippen MR) is 69.0 cm³/mol. The number of carbonyl (C=O) groups excluding carboxylic acids is 1. The maximum atomic E-state index is 11.7. The molecule has 0 saturated carbocycles. The Morgan fingerprint density at radius 1 is 1.44 bits per heavy atom. The molecule has 0 aliphatic carbocycles.